The standard InChI is InChI=1S/C15H12N4S4/c1(4-20-12-10-2-6-22-14(10)18-8-16-12)5-21-13-11-3-7-23-15(11)19-9-17-13/h2-3,6-9H,1,4-5H2. The molecule has 0 spiro atoms. The molecule has 0 saturated heterocycles. The van der Waals surface area contributed by atoms with E-state index in [4.69, 9.17) is 0 Å². The first-order valence-corrected chi connectivity index (χ1v) is 10.8. The smallest absolute Gasteiger partial charge is 0.127 e. The van der Waals surface area contributed by atoms with E-state index in [2.05, 4.69) is 42.8 Å². The summed E-state index contributed by atoms with van der Waals surface area (Å²) in [4.78, 5) is 19.5. The van der Waals surface area contributed by atoms with Crippen molar-refractivity contribution in [3.63, 3.8) is 0 Å². The number of nitrogens with zero attached hydrogens (tertiary/aromatic N) is 4. The molecule has 0 N–H and O–H groups in total. The van der Waals surface area contributed by atoms with Crippen LogP contribution in [0.2, 0.25) is 0 Å². The average molecular weight is 377 g/mol. The lowest BCUT2D eigenvalue weighted by molar-refractivity contribution is 1.07. The van der Waals surface area contributed by atoms with Gasteiger partial charge in [-0.3, -0.25) is 0 Å². The molecule has 0 unspecified atom stereocenters. The third kappa shape index (κ3) is 3.35. The molecule has 0 saturated carbocycles. The molecular weight excluding hydrogens is 364 g/mol. The van der Waals surface area contributed by atoms with Crippen molar-refractivity contribution in [2.75, 3.05) is 11.5 Å². The zero-order chi connectivity index (χ0) is 15.5. The van der Waals surface area contributed by atoms with E-state index in [0.717, 1.165) is 37.6 Å². The van der Waals surface area contributed by atoms with Gasteiger partial charge in [-0.1, -0.05) is 0 Å². The molecule has 0 atom stereocenters. The molecule has 0 aliphatic carbocycles. The Morgan fingerprint density at radius 2 is 1.26 bits per heavy atom. The van der Waals surface area contributed by atoms with E-state index in [1.54, 1.807) is 58.9 Å². The van der Waals surface area contributed by atoms with Crippen LogP contribution in [0.3, 0.4) is 0 Å². The zero-order valence-corrected chi connectivity index (χ0v) is 15.3. The summed E-state index contributed by atoms with van der Waals surface area (Å²) in [5.74, 6) is 2.10. The van der Waals surface area contributed by atoms with Gasteiger partial charge in [0.2, 0.25) is 0 Å². The predicted octanol–water partition coefficient (Wildman–Crippen LogP) is 4.97. The highest BCUT2D eigenvalue weighted by Gasteiger charge is 2.07. The number of thiophene rings is 2. The predicted molar refractivity (Wildman–Crippen MR) is 101 cm³/mol. The minimum absolute atomic E-state index is 1.05. The molecule has 116 valence electrons. The number of fused-ring (bicyclic) bond motifs is 2. The zero-order valence-electron chi connectivity index (χ0n) is 12.0. The lowest BCUT2D eigenvalue weighted by Gasteiger charge is -2.03. The molecule has 8 heteroatoms. The fourth-order valence-electron chi connectivity index (χ4n) is 2.16. The maximum atomic E-state index is 4.40. The second kappa shape index (κ2) is 7.12. The first-order valence-electron chi connectivity index (χ1n) is 7.04. The van der Waals surface area contributed by atoms with E-state index in [0.29, 0.717) is 0 Å². The molecule has 4 heterocycles. The van der Waals surface area contributed by atoms with Crippen LogP contribution < -0.4 is 0 Å². The molecule has 4 nitrogen and oxygen atoms in total. The van der Waals surface area contributed by atoms with Crippen molar-refractivity contribution >= 4 is 66.6 Å². The van der Waals surface area contributed by atoms with Crippen LogP contribution >= 0.6 is 46.2 Å². The van der Waals surface area contributed by atoms with Gasteiger partial charge in [0.15, 0.2) is 0 Å². The van der Waals surface area contributed by atoms with E-state index >= 15 is 0 Å². The summed E-state index contributed by atoms with van der Waals surface area (Å²) >= 11 is 6.94. The number of thioether (sulfide) groups is 2. The van der Waals surface area contributed by atoms with Gasteiger partial charge < -0.3 is 0 Å². The highest BCUT2D eigenvalue weighted by Crippen LogP contribution is 2.30. The molecule has 0 aromatic carbocycles. The number of rotatable bonds is 6. The normalized spacial score (nSPS) is 11.5. The third-order valence-corrected chi connectivity index (χ3v) is 7.04. The summed E-state index contributed by atoms with van der Waals surface area (Å²) < 4.78 is 0. The average Bonchev–Trinajstić information content (AvgIpc) is 3.24. The first-order chi connectivity index (χ1) is 11.4. The van der Waals surface area contributed by atoms with Crippen molar-refractivity contribution in [3.8, 4) is 0 Å². The van der Waals surface area contributed by atoms with Crippen LogP contribution in [0.5, 0.6) is 0 Å². The Hall–Kier alpha value is -1.22. The van der Waals surface area contributed by atoms with E-state index in [-0.39, 0.29) is 0 Å². The Kier molecular flexibility index (Phi) is 4.74. The van der Waals surface area contributed by atoms with Crippen molar-refractivity contribution in [3.05, 3.63) is 35.5 Å². The SMILES string of the molecule is c1nc(SCCCSc2ncnc3sccc23)c2ccsc2n1. The van der Waals surface area contributed by atoms with Crippen molar-refractivity contribution in [2.24, 2.45) is 0 Å². The minimum atomic E-state index is 1.05. The Morgan fingerprint density at radius 1 is 0.739 bits per heavy atom. The van der Waals surface area contributed by atoms with E-state index < -0.39 is 0 Å². The quantitative estimate of drug-likeness (QED) is 0.269. The van der Waals surface area contributed by atoms with Gasteiger partial charge in [0.05, 0.1) is 0 Å². The van der Waals surface area contributed by atoms with Crippen LogP contribution in [-0.4, -0.2) is 31.4 Å². The van der Waals surface area contributed by atoms with E-state index in [1.165, 1.54) is 10.8 Å². The molecule has 0 bridgehead atoms. The summed E-state index contributed by atoms with van der Waals surface area (Å²) in [6, 6.07) is 4.20. The second-order valence-electron chi connectivity index (χ2n) is 4.69. The van der Waals surface area contributed by atoms with Crippen molar-refractivity contribution in [1.82, 2.24) is 19.9 Å². The number of hydrogen-bond donors (Lipinski definition) is 0. The highest BCUT2D eigenvalue weighted by molar-refractivity contribution is 8.00. The molecule has 0 amide bonds. The molecule has 23 heavy (non-hydrogen) atoms. The summed E-state index contributed by atoms with van der Waals surface area (Å²) in [6.07, 6.45) is 4.43. The van der Waals surface area contributed by atoms with Gasteiger partial charge >= 0.3 is 0 Å². The molecule has 0 radical (unpaired) electrons. The van der Waals surface area contributed by atoms with Crippen LogP contribution in [0, 0.1) is 0 Å². The molecule has 0 aliphatic heterocycles. The Bertz CT molecular complexity index is 857. The Labute approximate surface area is 149 Å². The van der Waals surface area contributed by atoms with Crippen LogP contribution in [-0.2, 0) is 0 Å². The van der Waals surface area contributed by atoms with Gasteiger partial charge in [-0.05, 0) is 29.3 Å². The largest absolute Gasteiger partial charge is 0.229 e. The molecular formula is C15H12N4S4. The van der Waals surface area contributed by atoms with Gasteiger partial charge in [0.1, 0.15) is 32.4 Å². The molecule has 4 rings (SSSR count). The van der Waals surface area contributed by atoms with Gasteiger partial charge in [-0.15, -0.1) is 46.2 Å². The Balaban J connectivity index is 1.32. The monoisotopic (exact) mass is 376 g/mol. The summed E-state index contributed by atoms with van der Waals surface area (Å²) in [7, 11) is 0. The van der Waals surface area contributed by atoms with Crippen molar-refractivity contribution in [2.45, 2.75) is 16.5 Å². The highest BCUT2D eigenvalue weighted by atomic mass is 32.2. The second-order valence-corrected chi connectivity index (χ2v) is 8.64. The molecule has 0 fully saturated rings. The summed E-state index contributed by atoms with van der Waals surface area (Å²) in [6.45, 7) is 0. The number of aromatic nitrogens is 4. The van der Waals surface area contributed by atoms with E-state index in [1.807, 2.05) is 0 Å². The van der Waals surface area contributed by atoms with Gasteiger partial charge in [0, 0.05) is 22.3 Å². The van der Waals surface area contributed by atoms with Crippen LogP contribution in [0.4, 0.5) is 0 Å². The Morgan fingerprint density at radius 3 is 1.78 bits per heavy atom. The van der Waals surface area contributed by atoms with Crippen LogP contribution in [0.15, 0.2) is 45.6 Å². The van der Waals surface area contributed by atoms with E-state index in [9.17, 15) is 0 Å². The summed E-state index contributed by atoms with van der Waals surface area (Å²) in [5, 5.41) is 8.66. The lowest BCUT2D eigenvalue weighted by Crippen LogP contribution is -1.89. The van der Waals surface area contributed by atoms with Crippen LogP contribution in [0.25, 0.3) is 20.4 Å². The fraction of sp³-hybridized carbons (Fsp3) is 0.200. The van der Waals surface area contributed by atoms with Crippen LogP contribution in [0.1, 0.15) is 6.42 Å². The fourth-order valence-corrected chi connectivity index (χ4v) is 5.79. The molecule has 0 aliphatic rings. The summed E-state index contributed by atoms with van der Waals surface area (Å²) in [5.41, 5.74) is 0. The van der Waals surface area contributed by atoms with Gasteiger partial charge in [-0.2, -0.15) is 0 Å². The first kappa shape index (κ1) is 15.3. The van der Waals surface area contributed by atoms with Gasteiger partial charge in [0.25, 0.3) is 0 Å². The van der Waals surface area contributed by atoms with Gasteiger partial charge in [-0.25, -0.2) is 19.9 Å². The maximum absolute atomic E-state index is 4.40. The third-order valence-electron chi connectivity index (χ3n) is 3.22. The maximum Gasteiger partial charge on any atom is 0.127 e. The molecule has 4 aromatic heterocycles. The lowest BCUT2D eigenvalue weighted by atomic mass is 10.4. The number of hydrogen-bond acceptors (Lipinski definition) is 8. The minimum Gasteiger partial charge on any atom is -0.229 e. The van der Waals surface area contributed by atoms with Crippen molar-refractivity contribution < 1.29 is 0 Å². The topological polar surface area (TPSA) is 51.6 Å². The molecule has 4 aromatic rings. The van der Waals surface area contributed by atoms with Crippen molar-refractivity contribution in [1.29, 1.82) is 0 Å².